The van der Waals surface area contributed by atoms with E-state index in [1.165, 1.54) is 50.9 Å². The molecule has 1 N–H and O–H groups in total. The Bertz CT molecular complexity index is 232. The highest BCUT2D eigenvalue weighted by molar-refractivity contribution is 6.75. The summed E-state index contributed by atoms with van der Waals surface area (Å²) in [6.45, 7) is 0. The van der Waals surface area contributed by atoms with Crippen LogP contribution in [0.5, 0.6) is 0 Å². The van der Waals surface area contributed by atoms with Crippen LogP contribution in [0.3, 0.4) is 0 Å². The fourth-order valence-corrected chi connectivity index (χ4v) is 1.84. The Morgan fingerprint density at radius 2 is 1.57 bits per heavy atom. The van der Waals surface area contributed by atoms with Crippen LogP contribution in [0.1, 0.15) is 25.7 Å². The maximum Gasteiger partial charge on any atom is 0.0342 e. The highest BCUT2D eigenvalue weighted by atomic mass is 29.1. The van der Waals surface area contributed by atoms with E-state index in [2.05, 4.69) is 35.6 Å². The number of hydrogen-bond donors (Lipinski definition) is 1. The molecule has 78 valence electrons. The van der Waals surface area contributed by atoms with E-state index in [0.717, 1.165) is 6.04 Å². The van der Waals surface area contributed by atoms with Crippen LogP contribution in [0.25, 0.3) is 0 Å². The third-order valence-corrected chi connectivity index (χ3v) is 2.50. The summed E-state index contributed by atoms with van der Waals surface area (Å²) < 4.78 is 0. The molecule has 3 heteroatoms. The predicted octanol–water partition coefficient (Wildman–Crippen LogP) is 0.673. The van der Waals surface area contributed by atoms with Crippen molar-refractivity contribution < 1.29 is 0 Å². The number of benzene rings is 1. The topological polar surface area (TPSA) is 12.0 Å². The lowest BCUT2D eigenvalue weighted by molar-refractivity contribution is 0.755. The molecule has 0 atom stereocenters. The van der Waals surface area contributed by atoms with Gasteiger partial charge in [0.05, 0.1) is 0 Å². The molecule has 0 aromatic heterocycles. The summed E-state index contributed by atoms with van der Waals surface area (Å²) in [5.74, 6) is 0. The van der Waals surface area contributed by atoms with Gasteiger partial charge in [-0.05, 0) is 44.5 Å². The monoisotopic (exact) mass is 223 g/mol. The molecule has 0 saturated heterocycles. The molecule has 0 radical (unpaired) electrons. The standard InChI is InChI=1S/C11H15N.H6Si2/c1-2-6-10(7-3-1)12-11-8-4-5-9-11;1-2/h1-3,6-7,11-12H,4-5,8-9H2;1-2H3. The molecule has 1 aliphatic rings. The molecule has 0 unspecified atom stereocenters. The first-order chi connectivity index (χ1) is 6.95. The van der Waals surface area contributed by atoms with Gasteiger partial charge in [0.2, 0.25) is 0 Å². The van der Waals surface area contributed by atoms with E-state index in [4.69, 9.17) is 0 Å². The molecule has 0 aliphatic heterocycles. The molecule has 0 bridgehead atoms. The molecule has 1 nitrogen and oxygen atoms in total. The summed E-state index contributed by atoms with van der Waals surface area (Å²) in [5.41, 5.74) is 1.27. The Labute approximate surface area is 92.9 Å². The molecule has 2 rings (SSSR count). The first kappa shape index (κ1) is 11.5. The van der Waals surface area contributed by atoms with Gasteiger partial charge in [-0.25, -0.2) is 0 Å². The van der Waals surface area contributed by atoms with Gasteiger partial charge < -0.3 is 5.32 Å². The lowest BCUT2D eigenvalue weighted by Gasteiger charge is -2.12. The third-order valence-electron chi connectivity index (χ3n) is 2.50. The second-order valence-corrected chi connectivity index (χ2v) is 3.49. The fourth-order valence-electron chi connectivity index (χ4n) is 1.84. The molecule has 0 spiro atoms. The zero-order valence-electron chi connectivity index (χ0n) is 9.29. The van der Waals surface area contributed by atoms with Gasteiger partial charge in [-0.15, -0.1) is 0 Å². The van der Waals surface area contributed by atoms with E-state index < -0.39 is 0 Å². The number of anilines is 1. The Balaban J connectivity index is 0.000000461. The Hall–Kier alpha value is -0.546. The average molecular weight is 223 g/mol. The van der Waals surface area contributed by atoms with Crippen LogP contribution >= 0.6 is 0 Å². The van der Waals surface area contributed by atoms with Gasteiger partial charge in [0.15, 0.2) is 0 Å². The summed E-state index contributed by atoms with van der Waals surface area (Å²) in [7, 11) is 2.89. The van der Waals surface area contributed by atoms with E-state index in [0.29, 0.717) is 0 Å². The highest BCUT2D eigenvalue weighted by Crippen LogP contribution is 2.21. The average Bonchev–Trinajstić information content (AvgIpc) is 2.75. The third kappa shape index (κ3) is 3.68. The van der Waals surface area contributed by atoms with Crippen LogP contribution < -0.4 is 5.32 Å². The van der Waals surface area contributed by atoms with Crippen LogP contribution in [-0.2, 0) is 0 Å². The van der Waals surface area contributed by atoms with Crippen molar-refractivity contribution in [1.82, 2.24) is 0 Å². The predicted molar refractivity (Wildman–Crippen MR) is 72.2 cm³/mol. The Morgan fingerprint density at radius 3 is 2.14 bits per heavy atom. The Kier molecular flexibility index (Phi) is 5.63. The Morgan fingerprint density at radius 1 is 1.00 bits per heavy atom. The minimum absolute atomic E-state index is 0.729. The number of rotatable bonds is 2. The molecule has 0 heterocycles. The lowest BCUT2D eigenvalue weighted by Crippen LogP contribution is -2.13. The minimum Gasteiger partial charge on any atom is -0.382 e. The number of hydrogen-bond acceptors (Lipinski definition) is 1. The van der Waals surface area contributed by atoms with E-state index in [1.807, 2.05) is 0 Å². The zero-order chi connectivity index (χ0) is 10.2. The molecule has 0 amide bonds. The number of para-hydroxylation sites is 1. The van der Waals surface area contributed by atoms with E-state index in [1.54, 1.807) is 0 Å². The van der Waals surface area contributed by atoms with E-state index in [-0.39, 0.29) is 0 Å². The van der Waals surface area contributed by atoms with Gasteiger partial charge >= 0.3 is 0 Å². The molecule has 1 saturated carbocycles. The molecular weight excluding hydrogens is 202 g/mol. The first-order valence-electron chi connectivity index (χ1n) is 5.77. The highest BCUT2D eigenvalue weighted by Gasteiger charge is 2.13. The van der Waals surface area contributed by atoms with Gasteiger partial charge in [0.25, 0.3) is 0 Å². The van der Waals surface area contributed by atoms with Gasteiger partial charge in [0, 0.05) is 11.7 Å². The first-order valence-corrected chi connectivity index (χ1v) is 13.8. The molecule has 1 aliphatic carbocycles. The molecular formula is C11H21NSi2. The van der Waals surface area contributed by atoms with Crippen molar-refractivity contribution in [2.75, 3.05) is 5.32 Å². The van der Waals surface area contributed by atoms with Crippen molar-refractivity contribution in [2.24, 2.45) is 0 Å². The van der Waals surface area contributed by atoms with Gasteiger partial charge in [-0.1, -0.05) is 31.0 Å². The van der Waals surface area contributed by atoms with Crippen molar-refractivity contribution in [3.63, 3.8) is 0 Å². The van der Waals surface area contributed by atoms with Crippen molar-refractivity contribution in [2.45, 2.75) is 31.7 Å². The second kappa shape index (κ2) is 6.84. The van der Waals surface area contributed by atoms with Crippen molar-refractivity contribution in [3.05, 3.63) is 30.3 Å². The second-order valence-electron chi connectivity index (χ2n) is 3.49. The largest absolute Gasteiger partial charge is 0.382 e. The summed E-state index contributed by atoms with van der Waals surface area (Å²) in [6.07, 6.45) is 5.47. The molecule has 14 heavy (non-hydrogen) atoms. The summed E-state index contributed by atoms with van der Waals surface area (Å²) in [5, 5.41) is 3.54. The van der Waals surface area contributed by atoms with Crippen molar-refractivity contribution >= 4 is 25.2 Å². The van der Waals surface area contributed by atoms with Crippen LogP contribution in [0.4, 0.5) is 5.69 Å². The van der Waals surface area contributed by atoms with Crippen LogP contribution in [0.2, 0.25) is 0 Å². The van der Waals surface area contributed by atoms with Crippen molar-refractivity contribution in [1.29, 1.82) is 0 Å². The fraction of sp³-hybridized carbons (Fsp3) is 0.455. The summed E-state index contributed by atoms with van der Waals surface area (Å²) in [6, 6.07) is 11.2. The van der Waals surface area contributed by atoms with E-state index >= 15 is 0 Å². The van der Waals surface area contributed by atoms with Gasteiger partial charge in [0.1, 0.15) is 0 Å². The van der Waals surface area contributed by atoms with Gasteiger partial charge in [-0.2, -0.15) is 0 Å². The lowest BCUT2D eigenvalue weighted by atomic mass is 10.2. The number of nitrogens with one attached hydrogen (secondary N) is 1. The van der Waals surface area contributed by atoms with E-state index in [9.17, 15) is 0 Å². The van der Waals surface area contributed by atoms with Crippen LogP contribution in [0, 0.1) is 0 Å². The quantitative estimate of drug-likeness (QED) is 0.727. The summed E-state index contributed by atoms with van der Waals surface area (Å²) >= 11 is 0. The maximum absolute atomic E-state index is 3.54. The smallest absolute Gasteiger partial charge is 0.0342 e. The van der Waals surface area contributed by atoms with Crippen molar-refractivity contribution in [3.8, 4) is 0 Å². The SMILES string of the molecule is [SiH3][SiH3].c1ccc(NC2CCCC2)cc1. The van der Waals surface area contributed by atoms with Gasteiger partial charge in [-0.3, -0.25) is 0 Å². The minimum atomic E-state index is 0.729. The molecule has 1 aromatic carbocycles. The summed E-state index contributed by atoms with van der Waals surface area (Å²) in [4.78, 5) is 0. The molecule has 1 fully saturated rings. The zero-order valence-corrected chi connectivity index (χ0v) is 13.3. The van der Waals surface area contributed by atoms with Crippen LogP contribution in [-0.4, -0.2) is 25.6 Å². The normalized spacial score (nSPS) is 16.3. The maximum atomic E-state index is 3.54. The van der Waals surface area contributed by atoms with Crippen LogP contribution in [0.15, 0.2) is 30.3 Å². The molecule has 1 aromatic rings.